The summed E-state index contributed by atoms with van der Waals surface area (Å²) in [4.78, 5) is 11.1. The SMILES string of the molecule is Cc1cc(F)c(O)c(Nc2nc(N)nc(C(C)(C)F)n2)c1F. The van der Waals surface area contributed by atoms with Crippen molar-refractivity contribution in [1.82, 2.24) is 15.0 Å². The summed E-state index contributed by atoms with van der Waals surface area (Å²) in [5.41, 5.74) is 2.94. The van der Waals surface area contributed by atoms with Gasteiger partial charge in [-0.3, -0.25) is 0 Å². The minimum absolute atomic E-state index is 0.0362. The van der Waals surface area contributed by atoms with Gasteiger partial charge >= 0.3 is 0 Å². The van der Waals surface area contributed by atoms with E-state index in [2.05, 4.69) is 20.3 Å². The number of nitrogens with two attached hydrogens (primary N) is 1. The molecule has 0 saturated heterocycles. The third-order valence-electron chi connectivity index (χ3n) is 2.79. The molecule has 0 aliphatic carbocycles. The maximum atomic E-state index is 14.0. The Bertz CT molecular complexity index is 704. The van der Waals surface area contributed by atoms with Crippen molar-refractivity contribution in [3.05, 3.63) is 29.1 Å². The monoisotopic (exact) mass is 313 g/mol. The van der Waals surface area contributed by atoms with Crippen LogP contribution in [0.5, 0.6) is 5.75 Å². The molecule has 0 saturated carbocycles. The standard InChI is InChI=1S/C13H14F3N5O/c1-5-4-6(14)9(22)8(7(5)15)18-12-20-10(13(2,3)16)19-11(17)21-12/h4,22H,1-3H3,(H3,17,18,19,20,21). The van der Waals surface area contributed by atoms with E-state index in [1.54, 1.807) is 0 Å². The van der Waals surface area contributed by atoms with Crippen molar-refractivity contribution in [3.8, 4) is 5.75 Å². The molecular weight excluding hydrogens is 299 g/mol. The van der Waals surface area contributed by atoms with E-state index in [4.69, 9.17) is 5.73 Å². The van der Waals surface area contributed by atoms with Crippen LogP contribution in [0.15, 0.2) is 6.07 Å². The van der Waals surface area contributed by atoms with Crippen molar-refractivity contribution in [2.75, 3.05) is 11.1 Å². The quantitative estimate of drug-likeness (QED) is 0.754. The number of phenolic OH excluding ortho intramolecular Hbond substituents is 1. The molecule has 22 heavy (non-hydrogen) atoms. The number of halogens is 3. The van der Waals surface area contributed by atoms with Gasteiger partial charge < -0.3 is 16.2 Å². The topological polar surface area (TPSA) is 97.0 Å². The molecule has 118 valence electrons. The van der Waals surface area contributed by atoms with Crippen LogP contribution in [-0.2, 0) is 5.67 Å². The van der Waals surface area contributed by atoms with Crippen LogP contribution in [0.25, 0.3) is 0 Å². The van der Waals surface area contributed by atoms with Gasteiger partial charge in [0.25, 0.3) is 0 Å². The lowest BCUT2D eigenvalue weighted by atomic mass is 10.1. The number of anilines is 3. The van der Waals surface area contributed by atoms with Crippen molar-refractivity contribution in [3.63, 3.8) is 0 Å². The van der Waals surface area contributed by atoms with Crippen LogP contribution in [0.4, 0.5) is 30.8 Å². The lowest BCUT2D eigenvalue weighted by molar-refractivity contribution is 0.206. The lowest BCUT2D eigenvalue weighted by Crippen LogP contribution is -2.18. The molecule has 2 rings (SSSR count). The fraction of sp³-hybridized carbons (Fsp3) is 0.308. The molecule has 0 fully saturated rings. The molecule has 4 N–H and O–H groups in total. The number of aryl methyl sites for hydroxylation is 1. The fourth-order valence-corrected chi connectivity index (χ4v) is 1.68. The number of nitrogens with one attached hydrogen (secondary N) is 1. The Hall–Kier alpha value is -2.58. The van der Waals surface area contributed by atoms with E-state index in [1.165, 1.54) is 20.8 Å². The first-order valence-corrected chi connectivity index (χ1v) is 6.25. The zero-order chi connectivity index (χ0) is 16.7. The van der Waals surface area contributed by atoms with E-state index in [9.17, 15) is 18.3 Å². The predicted octanol–water partition coefficient (Wildman–Crippen LogP) is 2.69. The maximum Gasteiger partial charge on any atom is 0.232 e. The van der Waals surface area contributed by atoms with E-state index in [-0.39, 0.29) is 23.3 Å². The Morgan fingerprint density at radius 1 is 1.23 bits per heavy atom. The van der Waals surface area contributed by atoms with Gasteiger partial charge in [-0.25, -0.2) is 13.2 Å². The van der Waals surface area contributed by atoms with E-state index >= 15 is 0 Å². The van der Waals surface area contributed by atoms with Crippen LogP contribution in [0.2, 0.25) is 0 Å². The van der Waals surface area contributed by atoms with Crippen LogP contribution in [0.1, 0.15) is 25.2 Å². The van der Waals surface area contributed by atoms with Gasteiger partial charge in [0.05, 0.1) is 0 Å². The van der Waals surface area contributed by atoms with E-state index < -0.39 is 28.7 Å². The summed E-state index contributed by atoms with van der Waals surface area (Å²) in [7, 11) is 0. The minimum Gasteiger partial charge on any atom is -0.503 e. The van der Waals surface area contributed by atoms with Crippen molar-refractivity contribution >= 4 is 17.6 Å². The van der Waals surface area contributed by atoms with E-state index in [0.29, 0.717) is 0 Å². The van der Waals surface area contributed by atoms with Crippen LogP contribution >= 0.6 is 0 Å². The Kier molecular flexibility index (Phi) is 3.82. The van der Waals surface area contributed by atoms with Crippen LogP contribution in [-0.4, -0.2) is 20.1 Å². The molecule has 9 heteroatoms. The largest absolute Gasteiger partial charge is 0.503 e. The first-order chi connectivity index (χ1) is 10.1. The smallest absolute Gasteiger partial charge is 0.232 e. The summed E-state index contributed by atoms with van der Waals surface area (Å²) in [6, 6.07) is 0.841. The Labute approximate surface area is 124 Å². The minimum atomic E-state index is -1.91. The Balaban J connectivity index is 2.51. The summed E-state index contributed by atoms with van der Waals surface area (Å²) < 4.78 is 41.4. The van der Waals surface area contributed by atoms with Crippen molar-refractivity contribution in [2.24, 2.45) is 0 Å². The van der Waals surface area contributed by atoms with Crippen LogP contribution in [0, 0.1) is 18.6 Å². The highest BCUT2D eigenvalue weighted by molar-refractivity contribution is 5.65. The van der Waals surface area contributed by atoms with Gasteiger partial charge in [-0.15, -0.1) is 0 Å². The summed E-state index contributed by atoms with van der Waals surface area (Å²) in [5.74, 6) is -3.74. The number of hydrogen-bond donors (Lipinski definition) is 3. The van der Waals surface area contributed by atoms with Gasteiger partial charge in [0.1, 0.15) is 5.69 Å². The molecule has 0 atom stereocenters. The summed E-state index contributed by atoms with van der Waals surface area (Å²) in [5, 5.41) is 11.9. The van der Waals surface area contributed by atoms with Gasteiger partial charge in [-0.1, -0.05) is 0 Å². The summed E-state index contributed by atoms with van der Waals surface area (Å²) in [6.07, 6.45) is 0. The third kappa shape index (κ3) is 3.02. The number of benzene rings is 1. The molecule has 1 heterocycles. The third-order valence-corrected chi connectivity index (χ3v) is 2.79. The second-order valence-electron chi connectivity index (χ2n) is 5.15. The van der Waals surface area contributed by atoms with Gasteiger partial charge in [0.15, 0.2) is 28.9 Å². The predicted molar refractivity (Wildman–Crippen MR) is 74.4 cm³/mol. The fourth-order valence-electron chi connectivity index (χ4n) is 1.68. The molecule has 1 aromatic heterocycles. The van der Waals surface area contributed by atoms with Crippen LogP contribution in [0.3, 0.4) is 0 Å². The second kappa shape index (κ2) is 5.32. The van der Waals surface area contributed by atoms with Gasteiger partial charge in [0, 0.05) is 0 Å². The van der Waals surface area contributed by atoms with E-state index in [1.807, 2.05) is 0 Å². The van der Waals surface area contributed by atoms with Gasteiger partial charge in [0.2, 0.25) is 11.9 Å². The number of nitrogens with zero attached hydrogens (tertiary/aromatic N) is 3. The highest BCUT2D eigenvalue weighted by Gasteiger charge is 2.25. The molecule has 0 unspecified atom stereocenters. The second-order valence-corrected chi connectivity index (χ2v) is 5.15. The Morgan fingerprint density at radius 2 is 1.86 bits per heavy atom. The number of hydrogen-bond acceptors (Lipinski definition) is 6. The molecule has 2 aromatic rings. The van der Waals surface area contributed by atoms with Crippen molar-refractivity contribution < 1.29 is 18.3 Å². The molecule has 6 nitrogen and oxygen atoms in total. The average molecular weight is 313 g/mol. The number of aromatic hydroxyl groups is 1. The molecule has 0 spiro atoms. The summed E-state index contributed by atoms with van der Waals surface area (Å²) in [6.45, 7) is 3.73. The Morgan fingerprint density at radius 3 is 2.45 bits per heavy atom. The number of aromatic nitrogens is 3. The van der Waals surface area contributed by atoms with E-state index in [0.717, 1.165) is 6.07 Å². The zero-order valence-electron chi connectivity index (χ0n) is 12.1. The normalized spacial score (nSPS) is 11.5. The highest BCUT2D eigenvalue weighted by Crippen LogP contribution is 2.33. The maximum absolute atomic E-state index is 14.0. The lowest BCUT2D eigenvalue weighted by Gasteiger charge is -2.15. The molecule has 0 amide bonds. The number of alkyl halides is 1. The number of nitrogen functional groups attached to an aromatic ring is 1. The van der Waals surface area contributed by atoms with Crippen molar-refractivity contribution in [2.45, 2.75) is 26.4 Å². The summed E-state index contributed by atoms with van der Waals surface area (Å²) >= 11 is 0. The zero-order valence-corrected chi connectivity index (χ0v) is 12.1. The molecule has 0 radical (unpaired) electrons. The van der Waals surface area contributed by atoms with Crippen molar-refractivity contribution in [1.29, 1.82) is 0 Å². The van der Waals surface area contributed by atoms with Gasteiger partial charge in [-0.2, -0.15) is 15.0 Å². The molecular formula is C13H14F3N5O. The first kappa shape index (κ1) is 15.8. The number of phenols is 1. The molecule has 0 aliphatic heterocycles. The van der Waals surface area contributed by atoms with Crippen LogP contribution < -0.4 is 11.1 Å². The average Bonchev–Trinajstić information content (AvgIpc) is 2.40. The molecule has 0 bridgehead atoms. The molecule has 0 aliphatic rings. The van der Waals surface area contributed by atoms with Gasteiger partial charge in [-0.05, 0) is 32.4 Å². The molecule has 1 aromatic carbocycles. The number of rotatable bonds is 3. The first-order valence-electron chi connectivity index (χ1n) is 6.25. The highest BCUT2D eigenvalue weighted by atomic mass is 19.1.